The first-order valence-electron chi connectivity index (χ1n) is 7.56. The van der Waals surface area contributed by atoms with Crippen LogP contribution in [0.15, 0.2) is 24.3 Å². The van der Waals surface area contributed by atoms with E-state index >= 15 is 0 Å². The summed E-state index contributed by atoms with van der Waals surface area (Å²) in [6.45, 7) is -1.25. The molecule has 0 spiro atoms. The van der Waals surface area contributed by atoms with Crippen molar-refractivity contribution in [2.45, 2.75) is 51.6 Å². The van der Waals surface area contributed by atoms with Crippen molar-refractivity contribution in [2.75, 3.05) is 0 Å². The summed E-state index contributed by atoms with van der Waals surface area (Å²) >= 11 is 0. The van der Waals surface area contributed by atoms with Gasteiger partial charge in [-0.05, 0) is 68.6 Å². The highest BCUT2D eigenvalue weighted by Crippen LogP contribution is 2.39. The molecule has 2 rings (SSSR count). The number of hydrogen-bond donors (Lipinski definition) is 0. The van der Waals surface area contributed by atoms with Gasteiger partial charge in [0.05, 0.1) is 0 Å². The van der Waals surface area contributed by atoms with Crippen LogP contribution in [0, 0.1) is 17.6 Å². The first-order valence-corrected chi connectivity index (χ1v) is 7.56. The SMILES string of the molecule is C/C=C/CC1CCC(c2cc(F)c(OC(F)F)c(F)c2)CC1. The van der Waals surface area contributed by atoms with Crippen molar-refractivity contribution in [2.24, 2.45) is 5.92 Å². The fraction of sp³-hybridized carbons (Fsp3) is 0.529. The summed E-state index contributed by atoms with van der Waals surface area (Å²) in [5.41, 5.74) is 0.529. The Hall–Kier alpha value is -1.52. The van der Waals surface area contributed by atoms with E-state index in [0.717, 1.165) is 44.2 Å². The van der Waals surface area contributed by atoms with Crippen LogP contribution in [0.5, 0.6) is 5.75 Å². The summed E-state index contributed by atoms with van der Waals surface area (Å²) < 4.78 is 55.7. The molecule has 5 heteroatoms. The smallest absolute Gasteiger partial charge is 0.387 e. The normalized spacial score (nSPS) is 22.5. The van der Waals surface area contributed by atoms with Crippen molar-refractivity contribution in [3.63, 3.8) is 0 Å². The Bertz CT molecular complexity index is 496. The Morgan fingerprint density at radius 3 is 2.23 bits per heavy atom. The van der Waals surface area contributed by atoms with Crippen LogP contribution in [-0.4, -0.2) is 6.61 Å². The maximum Gasteiger partial charge on any atom is 0.387 e. The third-order valence-corrected chi connectivity index (χ3v) is 4.25. The Balaban J connectivity index is 2.05. The summed E-state index contributed by atoms with van der Waals surface area (Å²) in [6, 6.07) is 2.25. The number of halogens is 4. The third kappa shape index (κ3) is 4.24. The predicted molar refractivity (Wildman–Crippen MR) is 77.1 cm³/mol. The Kier molecular flexibility index (Phi) is 5.86. The van der Waals surface area contributed by atoms with Crippen molar-refractivity contribution in [1.82, 2.24) is 0 Å². The second kappa shape index (κ2) is 7.65. The molecule has 122 valence electrons. The molecule has 1 aromatic rings. The quantitative estimate of drug-likeness (QED) is 0.492. The number of rotatable bonds is 5. The lowest BCUT2D eigenvalue weighted by atomic mass is 9.77. The van der Waals surface area contributed by atoms with E-state index < -0.39 is 24.0 Å². The van der Waals surface area contributed by atoms with Crippen molar-refractivity contribution in [3.8, 4) is 5.75 Å². The lowest BCUT2D eigenvalue weighted by Gasteiger charge is -2.28. The van der Waals surface area contributed by atoms with Gasteiger partial charge < -0.3 is 4.74 Å². The zero-order chi connectivity index (χ0) is 16.1. The van der Waals surface area contributed by atoms with Gasteiger partial charge in [-0.3, -0.25) is 0 Å². The molecule has 22 heavy (non-hydrogen) atoms. The van der Waals surface area contributed by atoms with Crippen LogP contribution in [0.3, 0.4) is 0 Å². The van der Waals surface area contributed by atoms with E-state index in [0.29, 0.717) is 11.5 Å². The van der Waals surface area contributed by atoms with Crippen LogP contribution < -0.4 is 4.74 Å². The second-order valence-electron chi connectivity index (χ2n) is 5.71. The molecule has 1 aromatic carbocycles. The molecule has 0 radical (unpaired) electrons. The van der Waals surface area contributed by atoms with Crippen molar-refractivity contribution < 1.29 is 22.3 Å². The molecule has 0 heterocycles. The van der Waals surface area contributed by atoms with Gasteiger partial charge in [0.15, 0.2) is 17.4 Å². The van der Waals surface area contributed by atoms with Gasteiger partial charge in [-0.25, -0.2) is 8.78 Å². The third-order valence-electron chi connectivity index (χ3n) is 4.25. The minimum Gasteiger partial charge on any atom is -0.429 e. The topological polar surface area (TPSA) is 9.23 Å². The Morgan fingerprint density at radius 1 is 1.14 bits per heavy atom. The van der Waals surface area contributed by atoms with E-state index in [1.54, 1.807) is 0 Å². The Labute approximate surface area is 128 Å². The fourth-order valence-electron chi connectivity index (χ4n) is 3.08. The van der Waals surface area contributed by atoms with E-state index in [4.69, 9.17) is 0 Å². The van der Waals surface area contributed by atoms with E-state index in [1.807, 2.05) is 13.0 Å². The van der Waals surface area contributed by atoms with Crippen molar-refractivity contribution in [1.29, 1.82) is 0 Å². The molecule has 0 unspecified atom stereocenters. The van der Waals surface area contributed by atoms with Gasteiger partial charge in [0, 0.05) is 0 Å². The fourth-order valence-corrected chi connectivity index (χ4v) is 3.08. The summed E-state index contributed by atoms with van der Waals surface area (Å²) in [5.74, 6) is -2.44. The molecule has 1 aliphatic rings. The van der Waals surface area contributed by atoms with Crippen LogP contribution in [0.25, 0.3) is 0 Å². The van der Waals surface area contributed by atoms with Crippen LogP contribution in [0.2, 0.25) is 0 Å². The molecular formula is C17H20F4O. The number of benzene rings is 1. The van der Waals surface area contributed by atoms with Gasteiger partial charge in [-0.15, -0.1) is 0 Å². The van der Waals surface area contributed by atoms with E-state index in [2.05, 4.69) is 10.8 Å². The highest BCUT2D eigenvalue weighted by molar-refractivity contribution is 5.33. The molecule has 0 aromatic heterocycles. The zero-order valence-corrected chi connectivity index (χ0v) is 12.5. The van der Waals surface area contributed by atoms with Gasteiger partial charge in [0.1, 0.15) is 0 Å². The van der Waals surface area contributed by atoms with Gasteiger partial charge in [0.2, 0.25) is 0 Å². The molecule has 0 atom stereocenters. The number of hydrogen-bond acceptors (Lipinski definition) is 1. The van der Waals surface area contributed by atoms with Gasteiger partial charge >= 0.3 is 6.61 Å². The zero-order valence-electron chi connectivity index (χ0n) is 12.5. The highest BCUT2D eigenvalue weighted by atomic mass is 19.3. The minimum atomic E-state index is -3.24. The van der Waals surface area contributed by atoms with E-state index in [-0.39, 0.29) is 5.92 Å². The molecule has 1 nitrogen and oxygen atoms in total. The van der Waals surface area contributed by atoms with Gasteiger partial charge in [-0.2, -0.15) is 8.78 Å². The summed E-state index contributed by atoms with van der Waals surface area (Å²) in [4.78, 5) is 0. The molecule has 0 saturated heterocycles. The highest BCUT2D eigenvalue weighted by Gasteiger charge is 2.24. The first kappa shape index (κ1) is 16.8. The van der Waals surface area contributed by atoms with Crippen LogP contribution in [-0.2, 0) is 0 Å². The van der Waals surface area contributed by atoms with E-state index in [1.165, 1.54) is 0 Å². The molecule has 1 aliphatic carbocycles. The van der Waals surface area contributed by atoms with Crippen LogP contribution >= 0.6 is 0 Å². The predicted octanol–water partition coefficient (Wildman–Crippen LogP) is 5.81. The van der Waals surface area contributed by atoms with Gasteiger partial charge in [0.25, 0.3) is 0 Å². The van der Waals surface area contributed by atoms with E-state index in [9.17, 15) is 17.6 Å². The number of ether oxygens (including phenoxy) is 1. The standard InChI is InChI=1S/C17H20F4O/c1-2-3-4-11-5-7-12(8-6-11)13-9-14(18)16(15(19)10-13)22-17(20)21/h2-3,9-12,17H,4-8H2,1H3/b3-2+. The average Bonchev–Trinajstić information content (AvgIpc) is 2.49. The monoisotopic (exact) mass is 316 g/mol. The largest absolute Gasteiger partial charge is 0.429 e. The molecule has 0 aliphatic heterocycles. The van der Waals surface area contributed by atoms with Crippen LogP contribution in [0.1, 0.15) is 50.5 Å². The lowest BCUT2D eigenvalue weighted by Crippen LogP contribution is -2.14. The molecule has 1 saturated carbocycles. The molecule has 0 N–H and O–H groups in total. The molecular weight excluding hydrogens is 296 g/mol. The number of allylic oxidation sites excluding steroid dienone is 2. The molecule has 0 amide bonds. The van der Waals surface area contributed by atoms with Crippen molar-refractivity contribution in [3.05, 3.63) is 41.5 Å². The maximum atomic E-state index is 13.8. The minimum absolute atomic E-state index is 0.0754. The van der Waals surface area contributed by atoms with Crippen molar-refractivity contribution >= 4 is 0 Å². The van der Waals surface area contributed by atoms with Gasteiger partial charge in [-0.1, -0.05) is 12.2 Å². The summed E-state index contributed by atoms with van der Waals surface area (Å²) in [6.07, 6.45) is 8.93. The number of alkyl halides is 2. The summed E-state index contributed by atoms with van der Waals surface area (Å²) in [7, 11) is 0. The van der Waals surface area contributed by atoms with Crippen LogP contribution in [0.4, 0.5) is 17.6 Å². The first-order chi connectivity index (χ1) is 10.5. The molecule has 0 bridgehead atoms. The summed E-state index contributed by atoms with van der Waals surface area (Å²) in [5, 5.41) is 0. The Morgan fingerprint density at radius 2 is 1.73 bits per heavy atom. The molecule has 1 fully saturated rings. The maximum absolute atomic E-state index is 13.8. The average molecular weight is 316 g/mol. The lowest BCUT2D eigenvalue weighted by molar-refractivity contribution is -0.0546. The second-order valence-corrected chi connectivity index (χ2v) is 5.71.